The van der Waals surface area contributed by atoms with Crippen molar-refractivity contribution in [2.75, 3.05) is 18.5 Å². The van der Waals surface area contributed by atoms with Crippen LogP contribution in [0.25, 0.3) is 0 Å². The van der Waals surface area contributed by atoms with E-state index in [-0.39, 0.29) is 5.91 Å². The number of hydrogen-bond acceptors (Lipinski definition) is 3. The molecule has 0 bridgehead atoms. The van der Waals surface area contributed by atoms with Gasteiger partial charge >= 0.3 is 0 Å². The van der Waals surface area contributed by atoms with Gasteiger partial charge in [-0.1, -0.05) is 29.3 Å². The van der Waals surface area contributed by atoms with Gasteiger partial charge in [0, 0.05) is 23.9 Å². The van der Waals surface area contributed by atoms with Crippen molar-refractivity contribution in [3.8, 4) is 5.75 Å². The summed E-state index contributed by atoms with van der Waals surface area (Å²) in [5.74, 6) is 0.372. The predicted octanol–water partition coefficient (Wildman–Crippen LogP) is 3.58. The van der Waals surface area contributed by atoms with E-state index in [1.165, 1.54) is 6.07 Å². The smallest absolute Gasteiger partial charge is 0.255 e. The van der Waals surface area contributed by atoms with Crippen molar-refractivity contribution in [1.29, 1.82) is 0 Å². The molecule has 0 saturated heterocycles. The van der Waals surface area contributed by atoms with Crippen molar-refractivity contribution in [3.05, 3.63) is 58.1 Å². The monoisotopic (exact) mass is 324 g/mol. The second-order valence-electron chi connectivity index (χ2n) is 4.25. The maximum absolute atomic E-state index is 12.1. The number of ether oxygens (including phenoxy) is 1. The Balaban J connectivity index is 2.10. The number of benzene rings is 2. The van der Waals surface area contributed by atoms with Crippen LogP contribution in [0.1, 0.15) is 10.4 Å². The van der Waals surface area contributed by atoms with E-state index in [1.54, 1.807) is 36.4 Å². The first kappa shape index (κ1) is 15.6. The van der Waals surface area contributed by atoms with Gasteiger partial charge in [-0.15, -0.1) is 0 Å². The van der Waals surface area contributed by atoms with Gasteiger partial charge < -0.3 is 15.8 Å². The lowest BCUT2D eigenvalue weighted by atomic mass is 10.2. The number of hydrogen-bond donors (Lipinski definition) is 2. The molecule has 0 aromatic heterocycles. The van der Waals surface area contributed by atoms with Crippen LogP contribution in [0.3, 0.4) is 0 Å². The van der Waals surface area contributed by atoms with Crippen LogP contribution < -0.4 is 15.8 Å². The molecule has 2 aromatic carbocycles. The molecule has 0 heterocycles. The summed E-state index contributed by atoms with van der Waals surface area (Å²) in [5, 5.41) is 3.51. The van der Waals surface area contributed by atoms with Gasteiger partial charge in [-0.2, -0.15) is 0 Å². The van der Waals surface area contributed by atoms with Gasteiger partial charge in [0.05, 0.1) is 10.0 Å². The van der Waals surface area contributed by atoms with E-state index < -0.39 is 0 Å². The SMILES string of the molecule is NCCOc1cccc(NC(=O)c2ccc(Cl)c(Cl)c2)c1. The van der Waals surface area contributed by atoms with Crippen molar-refractivity contribution in [1.82, 2.24) is 0 Å². The maximum Gasteiger partial charge on any atom is 0.255 e. The minimum Gasteiger partial charge on any atom is -0.492 e. The minimum atomic E-state index is -0.274. The van der Waals surface area contributed by atoms with Crippen LogP contribution in [-0.4, -0.2) is 19.1 Å². The van der Waals surface area contributed by atoms with Crippen molar-refractivity contribution in [3.63, 3.8) is 0 Å². The van der Waals surface area contributed by atoms with Crippen LogP contribution in [-0.2, 0) is 0 Å². The Morgan fingerprint density at radius 2 is 1.95 bits per heavy atom. The molecular weight excluding hydrogens is 311 g/mol. The fourth-order valence-corrected chi connectivity index (χ4v) is 1.98. The lowest BCUT2D eigenvalue weighted by Gasteiger charge is -2.09. The first-order valence-corrected chi connectivity index (χ1v) is 7.05. The maximum atomic E-state index is 12.1. The van der Waals surface area contributed by atoms with Crippen LogP contribution in [0.15, 0.2) is 42.5 Å². The lowest BCUT2D eigenvalue weighted by molar-refractivity contribution is 0.102. The van der Waals surface area contributed by atoms with Gasteiger partial charge in [0.15, 0.2) is 0 Å². The molecule has 0 aliphatic heterocycles. The number of carbonyl (C=O) groups excluding carboxylic acids is 1. The number of carbonyl (C=O) groups is 1. The summed E-state index contributed by atoms with van der Waals surface area (Å²) in [6, 6.07) is 11.8. The van der Waals surface area contributed by atoms with Crippen LogP contribution in [0.2, 0.25) is 10.0 Å². The van der Waals surface area contributed by atoms with Crippen molar-refractivity contribution in [2.24, 2.45) is 5.73 Å². The molecule has 110 valence electrons. The van der Waals surface area contributed by atoms with Crippen LogP contribution in [0.4, 0.5) is 5.69 Å². The van der Waals surface area contributed by atoms with E-state index in [4.69, 9.17) is 33.7 Å². The van der Waals surface area contributed by atoms with E-state index in [9.17, 15) is 4.79 Å². The second kappa shape index (κ2) is 7.31. The molecule has 0 fully saturated rings. The summed E-state index contributed by atoms with van der Waals surface area (Å²) >= 11 is 11.7. The normalized spacial score (nSPS) is 10.2. The second-order valence-corrected chi connectivity index (χ2v) is 5.06. The molecule has 0 aliphatic carbocycles. The average Bonchev–Trinajstić information content (AvgIpc) is 2.48. The summed E-state index contributed by atoms with van der Waals surface area (Å²) in [7, 11) is 0. The Hall–Kier alpha value is -1.75. The summed E-state index contributed by atoms with van der Waals surface area (Å²) < 4.78 is 5.40. The molecule has 0 unspecified atom stereocenters. The molecule has 6 heteroatoms. The Labute approximate surface area is 132 Å². The molecule has 3 N–H and O–H groups in total. The predicted molar refractivity (Wildman–Crippen MR) is 85.4 cm³/mol. The Morgan fingerprint density at radius 3 is 2.67 bits per heavy atom. The standard InChI is InChI=1S/C15H14Cl2N2O2/c16-13-5-4-10(8-14(13)17)15(20)19-11-2-1-3-12(9-11)21-7-6-18/h1-5,8-9H,6-7,18H2,(H,19,20). The third kappa shape index (κ3) is 4.36. The molecule has 0 atom stereocenters. The van der Waals surface area contributed by atoms with Gasteiger partial charge in [0.25, 0.3) is 5.91 Å². The van der Waals surface area contributed by atoms with E-state index in [0.717, 1.165) is 0 Å². The molecule has 0 radical (unpaired) electrons. The van der Waals surface area contributed by atoms with Crippen LogP contribution in [0.5, 0.6) is 5.75 Å². The molecule has 0 spiro atoms. The van der Waals surface area contributed by atoms with E-state index >= 15 is 0 Å². The average molecular weight is 325 g/mol. The fraction of sp³-hybridized carbons (Fsp3) is 0.133. The Kier molecular flexibility index (Phi) is 5.44. The molecule has 21 heavy (non-hydrogen) atoms. The molecule has 0 saturated carbocycles. The summed E-state index contributed by atoms with van der Waals surface area (Å²) in [6.45, 7) is 0.851. The minimum absolute atomic E-state index is 0.274. The molecule has 2 rings (SSSR count). The summed E-state index contributed by atoms with van der Waals surface area (Å²) in [6.07, 6.45) is 0. The zero-order valence-electron chi connectivity index (χ0n) is 11.1. The number of halogens is 2. The fourth-order valence-electron chi connectivity index (χ4n) is 1.68. The summed E-state index contributed by atoms with van der Waals surface area (Å²) in [4.78, 5) is 12.1. The molecule has 0 aliphatic rings. The third-order valence-corrected chi connectivity index (χ3v) is 3.40. The van der Waals surface area contributed by atoms with Crippen molar-refractivity contribution in [2.45, 2.75) is 0 Å². The zero-order chi connectivity index (χ0) is 15.2. The number of rotatable bonds is 5. The largest absolute Gasteiger partial charge is 0.492 e. The van der Waals surface area contributed by atoms with Gasteiger partial charge in [0.2, 0.25) is 0 Å². The highest BCUT2D eigenvalue weighted by molar-refractivity contribution is 6.42. The number of anilines is 1. The van der Waals surface area contributed by atoms with Gasteiger partial charge in [0.1, 0.15) is 12.4 Å². The first-order chi connectivity index (χ1) is 10.1. The highest BCUT2D eigenvalue weighted by atomic mass is 35.5. The molecule has 2 aromatic rings. The van der Waals surface area contributed by atoms with Gasteiger partial charge in [-0.25, -0.2) is 0 Å². The molecule has 4 nitrogen and oxygen atoms in total. The number of nitrogens with two attached hydrogens (primary N) is 1. The first-order valence-electron chi connectivity index (χ1n) is 6.29. The van der Waals surface area contributed by atoms with Crippen molar-refractivity contribution >= 4 is 34.8 Å². The zero-order valence-corrected chi connectivity index (χ0v) is 12.6. The summed E-state index contributed by atoms with van der Waals surface area (Å²) in [5.41, 5.74) is 6.43. The molecular formula is C15H14Cl2N2O2. The van der Waals surface area contributed by atoms with E-state index in [1.807, 2.05) is 0 Å². The van der Waals surface area contributed by atoms with Gasteiger partial charge in [-0.3, -0.25) is 4.79 Å². The lowest BCUT2D eigenvalue weighted by Crippen LogP contribution is -2.13. The van der Waals surface area contributed by atoms with Crippen LogP contribution in [0, 0.1) is 0 Å². The van der Waals surface area contributed by atoms with Gasteiger partial charge in [-0.05, 0) is 30.3 Å². The van der Waals surface area contributed by atoms with E-state index in [0.29, 0.717) is 40.2 Å². The highest BCUT2D eigenvalue weighted by Crippen LogP contribution is 2.23. The van der Waals surface area contributed by atoms with Crippen molar-refractivity contribution < 1.29 is 9.53 Å². The van der Waals surface area contributed by atoms with E-state index in [2.05, 4.69) is 5.32 Å². The van der Waals surface area contributed by atoms with Crippen LogP contribution >= 0.6 is 23.2 Å². The highest BCUT2D eigenvalue weighted by Gasteiger charge is 2.09. The number of amides is 1. The third-order valence-electron chi connectivity index (χ3n) is 2.66. The Bertz CT molecular complexity index is 647. The quantitative estimate of drug-likeness (QED) is 0.883. The Morgan fingerprint density at radius 1 is 1.14 bits per heavy atom. The number of nitrogens with one attached hydrogen (secondary N) is 1. The topological polar surface area (TPSA) is 64.3 Å². The molecule has 1 amide bonds.